The van der Waals surface area contributed by atoms with Crippen LogP contribution in [0, 0.1) is 10.1 Å². The highest BCUT2D eigenvalue weighted by Gasteiger charge is 2.13. The van der Waals surface area contributed by atoms with E-state index in [1.807, 2.05) is 35.0 Å². The van der Waals surface area contributed by atoms with E-state index in [4.69, 9.17) is 0 Å². The minimum absolute atomic E-state index is 0.150. The van der Waals surface area contributed by atoms with Crippen LogP contribution in [0.2, 0.25) is 0 Å². The van der Waals surface area contributed by atoms with Gasteiger partial charge < -0.3 is 0 Å². The average Bonchev–Trinajstić information content (AvgIpc) is 2.48. The zero-order chi connectivity index (χ0) is 9.42. The number of rotatable bonds is 1. The maximum absolute atomic E-state index is 10.7. The number of para-hydroxylation sites is 1. The number of nitro benzene ring substituents is 1. The Morgan fingerprint density at radius 1 is 1.38 bits per heavy atom. The summed E-state index contributed by atoms with van der Waals surface area (Å²) >= 11 is 2.02. The first kappa shape index (κ1) is 8.49. The van der Waals surface area contributed by atoms with E-state index in [1.165, 1.54) is 6.07 Å². The summed E-state index contributed by atoms with van der Waals surface area (Å²) in [7, 11) is 0. The molecule has 0 aliphatic heterocycles. The van der Waals surface area contributed by atoms with Gasteiger partial charge in [0.2, 0.25) is 0 Å². The van der Waals surface area contributed by atoms with Crippen molar-refractivity contribution in [1.29, 1.82) is 0 Å². The Kier molecular flexibility index (Phi) is 1.95. The molecule has 0 radical (unpaired) electrons. The standard InChI is InChI=1S/C8H5IN2O2/c9-10-5-4-6-2-1-3-7(8(6)10)11(12)13/h1-5H. The summed E-state index contributed by atoms with van der Waals surface area (Å²) in [4.78, 5) is 10.3. The first-order valence-corrected chi connectivity index (χ1v) is 4.57. The number of fused-ring (bicyclic) bond motifs is 1. The number of non-ortho nitro benzene ring substituents is 1. The maximum Gasteiger partial charge on any atom is 0.294 e. The highest BCUT2D eigenvalue weighted by Crippen LogP contribution is 2.27. The lowest BCUT2D eigenvalue weighted by Crippen LogP contribution is -1.90. The smallest absolute Gasteiger partial charge is 0.283 e. The molecule has 66 valence electrons. The summed E-state index contributed by atoms with van der Waals surface area (Å²) in [6, 6.07) is 6.92. The molecule has 0 saturated heterocycles. The van der Waals surface area contributed by atoms with Crippen LogP contribution in [0.1, 0.15) is 0 Å². The fraction of sp³-hybridized carbons (Fsp3) is 0. The second kappa shape index (κ2) is 2.99. The van der Waals surface area contributed by atoms with Crippen LogP contribution in [-0.4, -0.2) is 7.70 Å². The van der Waals surface area contributed by atoms with E-state index in [-0.39, 0.29) is 10.6 Å². The van der Waals surface area contributed by atoms with Crippen molar-refractivity contribution in [1.82, 2.24) is 2.78 Å². The van der Waals surface area contributed by atoms with Gasteiger partial charge in [-0.15, -0.1) is 0 Å². The van der Waals surface area contributed by atoms with Crippen LogP contribution in [0.3, 0.4) is 0 Å². The lowest BCUT2D eigenvalue weighted by Gasteiger charge is -1.95. The number of hydrogen-bond donors (Lipinski definition) is 0. The third-order valence-electron chi connectivity index (χ3n) is 1.84. The van der Waals surface area contributed by atoms with Gasteiger partial charge in [-0.1, -0.05) is 12.1 Å². The van der Waals surface area contributed by atoms with Crippen molar-refractivity contribution in [3.8, 4) is 0 Å². The molecule has 0 amide bonds. The summed E-state index contributed by atoms with van der Waals surface area (Å²) in [5, 5.41) is 11.5. The van der Waals surface area contributed by atoms with Crippen molar-refractivity contribution >= 4 is 39.5 Å². The number of nitrogens with zero attached hydrogens (tertiary/aromatic N) is 2. The predicted molar refractivity (Wildman–Crippen MR) is 58.0 cm³/mol. The molecule has 1 aromatic carbocycles. The molecule has 0 N–H and O–H groups in total. The van der Waals surface area contributed by atoms with Gasteiger partial charge in [-0.3, -0.25) is 12.9 Å². The summed E-state index contributed by atoms with van der Waals surface area (Å²) in [6.45, 7) is 0. The van der Waals surface area contributed by atoms with E-state index >= 15 is 0 Å². The highest BCUT2D eigenvalue weighted by molar-refractivity contribution is 14.1. The second-order valence-corrected chi connectivity index (χ2v) is 3.64. The molecule has 0 atom stereocenters. The molecule has 0 aliphatic rings. The lowest BCUT2D eigenvalue weighted by atomic mass is 10.2. The maximum atomic E-state index is 10.7. The Labute approximate surface area is 87.8 Å². The van der Waals surface area contributed by atoms with Gasteiger partial charge in [-0.25, -0.2) is 0 Å². The number of hydrogen-bond acceptors (Lipinski definition) is 2. The normalized spacial score (nSPS) is 10.5. The zero-order valence-electron chi connectivity index (χ0n) is 6.48. The van der Waals surface area contributed by atoms with Crippen molar-refractivity contribution in [3.05, 3.63) is 40.6 Å². The van der Waals surface area contributed by atoms with Crippen LogP contribution < -0.4 is 0 Å². The van der Waals surface area contributed by atoms with Crippen molar-refractivity contribution in [2.45, 2.75) is 0 Å². The largest absolute Gasteiger partial charge is 0.294 e. The molecule has 0 bridgehead atoms. The molecule has 2 rings (SSSR count). The Hall–Kier alpha value is -1.11. The lowest BCUT2D eigenvalue weighted by molar-refractivity contribution is -0.383. The highest BCUT2D eigenvalue weighted by atomic mass is 127. The molecular weight excluding hydrogens is 283 g/mol. The van der Waals surface area contributed by atoms with Gasteiger partial charge in [0.15, 0.2) is 0 Å². The minimum Gasteiger partial charge on any atom is -0.283 e. The molecule has 1 heterocycles. The minimum atomic E-state index is -0.364. The van der Waals surface area contributed by atoms with E-state index in [0.29, 0.717) is 5.52 Å². The monoisotopic (exact) mass is 288 g/mol. The van der Waals surface area contributed by atoms with E-state index in [1.54, 1.807) is 15.0 Å². The number of benzene rings is 1. The van der Waals surface area contributed by atoms with Crippen molar-refractivity contribution in [2.75, 3.05) is 0 Å². The van der Waals surface area contributed by atoms with Gasteiger partial charge in [0.1, 0.15) is 5.52 Å². The van der Waals surface area contributed by atoms with Crippen LogP contribution in [-0.2, 0) is 0 Å². The molecule has 5 heteroatoms. The molecule has 0 aliphatic carbocycles. The van der Waals surface area contributed by atoms with Crippen molar-refractivity contribution < 1.29 is 4.92 Å². The molecule has 2 aromatic rings. The number of halogens is 1. The van der Waals surface area contributed by atoms with Crippen molar-refractivity contribution in [3.63, 3.8) is 0 Å². The Morgan fingerprint density at radius 3 is 2.85 bits per heavy atom. The first-order chi connectivity index (χ1) is 6.20. The Morgan fingerprint density at radius 2 is 2.15 bits per heavy atom. The quantitative estimate of drug-likeness (QED) is 0.460. The molecule has 0 spiro atoms. The van der Waals surface area contributed by atoms with Gasteiger partial charge in [0.25, 0.3) is 5.69 Å². The third kappa shape index (κ3) is 1.28. The Balaban J connectivity index is 2.88. The second-order valence-electron chi connectivity index (χ2n) is 2.60. The zero-order valence-corrected chi connectivity index (χ0v) is 8.63. The van der Waals surface area contributed by atoms with Gasteiger partial charge in [-0.2, -0.15) is 0 Å². The van der Waals surface area contributed by atoms with Crippen LogP contribution in [0.4, 0.5) is 5.69 Å². The molecule has 13 heavy (non-hydrogen) atoms. The number of aromatic nitrogens is 1. The van der Waals surface area contributed by atoms with Gasteiger partial charge in [0.05, 0.1) is 27.8 Å². The van der Waals surface area contributed by atoms with E-state index in [2.05, 4.69) is 0 Å². The fourth-order valence-corrected chi connectivity index (χ4v) is 1.97. The summed E-state index contributed by atoms with van der Waals surface area (Å²) in [5.74, 6) is 0. The van der Waals surface area contributed by atoms with Gasteiger partial charge >= 0.3 is 0 Å². The first-order valence-electron chi connectivity index (χ1n) is 3.61. The van der Waals surface area contributed by atoms with Gasteiger partial charge in [-0.05, 0) is 6.07 Å². The summed E-state index contributed by atoms with van der Waals surface area (Å²) in [6.07, 6.45) is 1.80. The SMILES string of the molecule is O=[N+]([O-])c1cccc2ccn(I)c12. The summed E-state index contributed by atoms with van der Waals surface area (Å²) in [5.41, 5.74) is 0.810. The van der Waals surface area contributed by atoms with Crippen LogP contribution in [0.5, 0.6) is 0 Å². The van der Waals surface area contributed by atoms with E-state index < -0.39 is 0 Å². The molecule has 4 nitrogen and oxygen atoms in total. The van der Waals surface area contributed by atoms with Crippen LogP contribution in [0.25, 0.3) is 10.9 Å². The van der Waals surface area contributed by atoms with Gasteiger partial charge in [0, 0.05) is 17.6 Å². The van der Waals surface area contributed by atoms with E-state index in [9.17, 15) is 10.1 Å². The third-order valence-corrected chi connectivity index (χ3v) is 2.65. The number of nitro groups is 1. The Bertz CT molecular complexity index is 478. The summed E-state index contributed by atoms with van der Waals surface area (Å²) < 4.78 is 1.73. The van der Waals surface area contributed by atoms with Crippen LogP contribution >= 0.6 is 22.9 Å². The predicted octanol–water partition coefficient (Wildman–Crippen LogP) is 2.75. The molecule has 0 unspecified atom stereocenters. The van der Waals surface area contributed by atoms with Crippen LogP contribution in [0.15, 0.2) is 30.5 Å². The van der Waals surface area contributed by atoms with E-state index in [0.717, 1.165) is 5.39 Å². The molecule has 0 fully saturated rings. The topological polar surface area (TPSA) is 48.1 Å². The van der Waals surface area contributed by atoms with Crippen molar-refractivity contribution in [2.24, 2.45) is 0 Å². The molecule has 0 saturated carbocycles. The molecular formula is C8H5IN2O2. The molecule has 1 aromatic heterocycles. The fourth-order valence-electron chi connectivity index (χ4n) is 1.28. The average molecular weight is 288 g/mol.